The van der Waals surface area contributed by atoms with Gasteiger partial charge in [0.1, 0.15) is 5.82 Å². The first-order valence-electron chi connectivity index (χ1n) is 6.72. The number of hydrogen-bond acceptors (Lipinski definition) is 3. The maximum atomic E-state index is 14.0. The Labute approximate surface area is 112 Å². The van der Waals surface area contributed by atoms with Crippen LogP contribution in [0.1, 0.15) is 26.2 Å². The quantitative estimate of drug-likeness (QED) is 0.876. The molecule has 0 aromatic heterocycles. The first kappa shape index (κ1) is 13.8. The number of nitrogens with one attached hydrogen (secondary N) is 1. The Morgan fingerprint density at radius 1 is 1.47 bits per heavy atom. The zero-order chi connectivity index (χ0) is 13.8. The Morgan fingerprint density at radius 3 is 2.74 bits per heavy atom. The van der Waals surface area contributed by atoms with E-state index < -0.39 is 6.04 Å². The minimum absolute atomic E-state index is 0.282. The fourth-order valence-corrected chi connectivity index (χ4v) is 2.22. The standard InChI is InChI=1S/C14H20FN3O/c1-2-12(16)14(19)17-10-5-6-13(11(15)9-10)18-7-3-4-8-18/h5-6,9,12H,2-4,7-8,16H2,1H3,(H,17,19)/t12-/m0/s1. The number of amides is 1. The van der Waals surface area contributed by atoms with E-state index in [1.807, 2.05) is 11.8 Å². The Hall–Kier alpha value is -1.62. The highest BCUT2D eigenvalue weighted by Crippen LogP contribution is 2.26. The Morgan fingerprint density at radius 2 is 2.16 bits per heavy atom. The predicted octanol–water partition coefficient (Wildman–Crippen LogP) is 2.10. The number of halogens is 1. The molecule has 19 heavy (non-hydrogen) atoms. The van der Waals surface area contributed by atoms with Gasteiger partial charge in [0.05, 0.1) is 11.7 Å². The maximum absolute atomic E-state index is 14.0. The van der Waals surface area contributed by atoms with Crippen LogP contribution in [-0.4, -0.2) is 25.0 Å². The molecule has 1 aromatic carbocycles. The first-order chi connectivity index (χ1) is 9.11. The molecule has 5 heteroatoms. The molecule has 1 atom stereocenters. The topological polar surface area (TPSA) is 58.4 Å². The van der Waals surface area contributed by atoms with Crippen LogP contribution in [0.2, 0.25) is 0 Å². The lowest BCUT2D eigenvalue weighted by Gasteiger charge is -2.19. The minimum Gasteiger partial charge on any atom is -0.369 e. The van der Waals surface area contributed by atoms with Gasteiger partial charge in [0.15, 0.2) is 0 Å². The maximum Gasteiger partial charge on any atom is 0.241 e. The van der Waals surface area contributed by atoms with Gasteiger partial charge in [0.25, 0.3) is 0 Å². The van der Waals surface area contributed by atoms with Gasteiger partial charge in [0.2, 0.25) is 5.91 Å². The summed E-state index contributed by atoms with van der Waals surface area (Å²) in [5, 5.41) is 2.63. The van der Waals surface area contributed by atoms with Gasteiger partial charge < -0.3 is 16.0 Å². The molecular formula is C14H20FN3O. The van der Waals surface area contributed by atoms with Crippen LogP contribution >= 0.6 is 0 Å². The van der Waals surface area contributed by atoms with Gasteiger partial charge in [-0.05, 0) is 37.5 Å². The minimum atomic E-state index is -0.554. The van der Waals surface area contributed by atoms with Crippen LogP contribution in [0.5, 0.6) is 0 Å². The zero-order valence-electron chi connectivity index (χ0n) is 11.2. The largest absolute Gasteiger partial charge is 0.369 e. The average molecular weight is 265 g/mol. The average Bonchev–Trinajstić information content (AvgIpc) is 2.91. The predicted molar refractivity (Wildman–Crippen MR) is 74.7 cm³/mol. The summed E-state index contributed by atoms with van der Waals surface area (Å²) in [6, 6.07) is 4.24. The number of nitrogens with zero attached hydrogens (tertiary/aromatic N) is 1. The molecule has 0 radical (unpaired) electrons. The normalized spacial score (nSPS) is 16.5. The van der Waals surface area contributed by atoms with Crippen molar-refractivity contribution in [1.29, 1.82) is 0 Å². The van der Waals surface area contributed by atoms with E-state index in [1.54, 1.807) is 12.1 Å². The number of carbonyl (C=O) groups excluding carboxylic acids is 1. The van der Waals surface area contributed by atoms with Crippen LogP contribution in [0.3, 0.4) is 0 Å². The van der Waals surface area contributed by atoms with Crippen LogP contribution in [0.15, 0.2) is 18.2 Å². The molecular weight excluding hydrogens is 245 g/mol. The molecule has 1 aliphatic heterocycles. The van der Waals surface area contributed by atoms with Gasteiger partial charge in [-0.2, -0.15) is 0 Å². The molecule has 0 bridgehead atoms. The first-order valence-corrected chi connectivity index (χ1v) is 6.72. The number of carbonyl (C=O) groups is 1. The summed E-state index contributed by atoms with van der Waals surface area (Å²) in [6.07, 6.45) is 2.76. The number of benzene rings is 1. The molecule has 1 aromatic rings. The SMILES string of the molecule is CC[C@H](N)C(=O)Nc1ccc(N2CCCC2)c(F)c1. The third-order valence-electron chi connectivity index (χ3n) is 3.44. The number of hydrogen-bond donors (Lipinski definition) is 2. The van der Waals surface area contributed by atoms with Gasteiger partial charge in [-0.15, -0.1) is 0 Å². The smallest absolute Gasteiger partial charge is 0.241 e. The van der Waals surface area contributed by atoms with Crippen LogP contribution in [0.4, 0.5) is 15.8 Å². The number of anilines is 2. The van der Waals surface area contributed by atoms with Crippen LogP contribution in [0.25, 0.3) is 0 Å². The number of rotatable bonds is 4. The summed E-state index contributed by atoms with van der Waals surface area (Å²) in [6.45, 7) is 3.62. The lowest BCUT2D eigenvalue weighted by Crippen LogP contribution is -2.34. The second-order valence-corrected chi connectivity index (χ2v) is 4.86. The van der Waals surface area contributed by atoms with E-state index in [0.29, 0.717) is 17.8 Å². The van der Waals surface area contributed by atoms with Crippen LogP contribution in [-0.2, 0) is 4.79 Å². The molecule has 0 saturated carbocycles. The summed E-state index contributed by atoms with van der Waals surface area (Å²) in [7, 11) is 0. The fraction of sp³-hybridized carbons (Fsp3) is 0.500. The molecule has 1 amide bonds. The van der Waals surface area contributed by atoms with E-state index in [0.717, 1.165) is 25.9 Å². The molecule has 1 saturated heterocycles. The second kappa shape index (κ2) is 6.02. The zero-order valence-corrected chi connectivity index (χ0v) is 11.2. The fourth-order valence-electron chi connectivity index (χ4n) is 2.22. The van der Waals surface area contributed by atoms with Crippen molar-refractivity contribution in [1.82, 2.24) is 0 Å². The lowest BCUT2D eigenvalue weighted by molar-refractivity contribution is -0.117. The van der Waals surface area contributed by atoms with Crippen molar-refractivity contribution in [3.8, 4) is 0 Å². The molecule has 104 valence electrons. The molecule has 1 fully saturated rings. The molecule has 0 unspecified atom stereocenters. The third-order valence-corrected chi connectivity index (χ3v) is 3.44. The Balaban J connectivity index is 2.08. The summed E-state index contributed by atoms with van der Waals surface area (Å²) >= 11 is 0. The number of nitrogens with two attached hydrogens (primary N) is 1. The van der Waals surface area contributed by atoms with Gasteiger partial charge >= 0.3 is 0 Å². The van der Waals surface area contributed by atoms with E-state index >= 15 is 0 Å². The summed E-state index contributed by atoms with van der Waals surface area (Å²) < 4.78 is 14.0. The van der Waals surface area contributed by atoms with E-state index in [-0.39, 0.29) is 11.7 Å². The van der Waals surface area contributed by atoms with Crippen molar-refractivity contribution in [2.75, 3.05) is 23.3 Å². The highest BCUT2D eigenvalue weighted by atomic mass is 19.1. The molecule has 4 nitrogen and oxygen atoms in total. The van der Waals surface area contributed by atoms with E-state index in [9.17, 15) is 9.18 Å². The second-order valence-electron chi connectivity index (χ2n) is 4.86. The summed E-state index contributed by atoms with van der Waals surface area (Å²) in [4.78, 5) is 13.7. The molecule has 0 spiro atoms. The van der Waals surface area contributed by atoms with E-state index in [2.05, 4.69) is 5.32 Å². The van der Waals surface area contributed by atoms with Crippen LogP contribution in [0, 0.1) is 5.82 Å². The molecule has 2 rings (SSSR count). The highest BCUT2D eigenvalue weighted by molar-refractivity contribution is 5.94. The van der Waals surface area contributed by atoms with Crippen molar-refractivity contribution in [2.24, 2.45) is 5.73 Å². The molecule has 1 aliphatic rings. The van der Waals surface area contributed by atoms with E-state index in [1.165, 1.54) is 6.07 Å². The monoisotopic (exact) mass is 265 g/mol. The molecule has 3 N–H and O–H groups in total. The third kappa shape index (κ3) is 3.23. The van der Waals surface area contributed by atoms with Crippen molar-refractivity contribution in [2.45, 2.75) is 32.2 Å². The summed E-state index contributed by atoms with van der Waals surface area (Å²) in [5.74, 6) is -0.583. The van der Waals surface area contributed by atoms with Gasteiger partial charge in [0, 0.05) is 18.8 Å². The van der Waals surface area contributed by atoms with Gasteiger partial charge in [-0.3, -0.25) is 4.79 Å². The van der Waals surface area contributed by atoms with Crippen molar-refractivity contribution in [3.63, 3.8) is 0 Å². The van der Waals surface area contributed by atoms with E-state index in [4.69, 9.17) is 5.73 Å². The van der Waals surface area contributed by atoms with Crippen molar-refractivity contribution in [3.05, 3.63) is 24.0 Å². The Bertz CT molecular complexity index is 458. The van der Waals surface area contributed by atoms with Gasteiger partial charge in [-0.1, -0.05) is 6.92 Å². The van der Waals surface area contributed by atoms with Crippen LogP contribution < -0.4 is 16.0 Å². The Kier molecular flexibility index (Phi) is 4.37. The summed E-state index contributed by atoms with van der Waals surface area (Å²) in [5.41, 5.74) is 6.68. The van der Waals surface area contributed by atoms with Gasteiger partial charge in [-0.25, -0.2) is 4.39 Å². The molecule has 0 aliphatic carbocycles. The van der Waals surface area contributed by atoms with Crippen molar-refractivity contribution < 1.29 is 9.18 Å². The van der Waals surface area contributed by atoms with Crippen molar-refractivity contribution >= 4 is 17.3 Å². The molecule has 1 heterocycles. The lowest BCUT2D eigenvalue weighted by atomic mass is 10.2. The highest BCUT2D eigenvalue weighted by Gasteiger charge is 2.17.